The average molecular weight is 319 g/mol. The highest BCUT2D eigenvalue weighted by molar-refractivity contribution is 5.64. The van der Waals surface area contributed by atoms with Gasteiger partial charge in [0, 0.05) is 5.56 Å². The van der Waals surface area contributed by atoms with Gasteiger partial charge in [-0.3, -0.25) is 4.57 Å². The first-order valence-electron chi connectivity index (χ1n) is 8.60. The van der Waals surface area contributed by atoms with E-state index in [2.05, 4.69) is 91.8 Å². The van der Waals surface area contributed by atoms with Crippen molar-refractivity contribution in [3.8, 4) is 17.1 Å². The molecule has 3 rings (SSSR count). The molecule has 0 aliphatic heterocycles. The van der Waals surface area contributed by atoms with Crippen LogP contribution >= 0.6 is 0 Å². The lowest BCUT2D eigenvalue weighted by molar-refractivity contribution is 0.806. The Morgan fingerprint density at radius 2 is 1.46 bits per heavy atom. The number of hydrogen-bond donors (Lipinski definition) is 0. The number of nitrogens with zero attached hydrogens (tertiary/aromatic N) is 3. The van der Waals surface area contributed by atoms with Crippen molar-refractivity contribution < 1.29 is 0 Å². The number of aromatic nitrogens is 3. The standard InChI is InChI=1S/C21H25N3/c1-14(2)17-11-8-12-18(15(3)4)20(17)24-13-22-23-21(24)19-10-7-6-9-16(19)5/h6-15H,1-5H3. The molecule has 0 N–H and O–H groups in total. The van der Waals surface area contributed by atoms with E-state index >= 15 is 0 Å². The molecule has 0 aliphatic rings. The Morgan fingerprint density at radius 3 is 2.04 bits per heavy atom. The summed E-state index contributed by atoms with van der Waals surface area (Å²) in [5.41, 5.74) is 6.22. The van der Waals surface area contributed by atoms with Crippen LogP contribution in [0.4, 0.5) is 0 Å². The molecule has 0 atom stereocenters. The third-order valence-electron chi connectivity index (χ3n) is 4.52. The Morgan fingerprint density at radius 1 is 0.833 bits per heavy atom. The van der Waals surface area contributed by atoms with Crippen LogP contribution in [0.15, 0.2) is 48.8 Å². The largest absolute Gasteiger partial charge is 0.281 e. The van der Waals surface area contributed by atoms with Crippen LogP contribution in [0.25, 0.3) is 17.1 Å². The van der Waals surface area contributed by atoms with Crippen LogP contribution in [-0.2, 0) is 0 Å². The van der Waals surface area contributed by atoms with Gasteiger partial charge in [0.2, 0.25) is 0 Å². The molecular formula is C21H25N3. The number of aryl methyl sites for hydroxylation is 1. The van der Waals surface area contributed by atoms with Crippen LogP contribution in [0.2, 0.25) is 0 Å². The fourth-order valence-corrected chi connectivity index (χ4v) is 3.20. The summed E-state index contributed by atoms with van der Waals surface area (Å²) < 4.78 is 2.16. The summed E-state index contributed by atoms with van der Waals surface area (Å²) >= 11 is 0. The molecule has 0 saturated heterocycles. The van der Waals surface area contributed by atoms with Crippen molar-refractivity contribution >= 4 is 0 Å². The van der Waals surface area contributed by atoms with Crippen molar-refractivity contribution in [1.82, 2.24) is 14.8 Å². The Labute approximate surface area is 144 Å². The maximum Gasteiger partial charge on any atom is 0.168 e. The lowest BCUT2D eigenvalue weighted by Crippen LogP contribution is -2.08. The van der Waals surface area contributed by atoms with E-state index in [4.69, 9.17) is 0 Å². The van der Waals surface area contributed by atoms with Crippen molar-refractivity contribution in [2.45, 2.75) is 46.5 Å². The van der Waals surface area contributed by atoms with Gasteiger partial charge in [-0.05, 0) is 35.4 Å². The minimum Gasteiger partial charge on any atom is -0.281 e. The third kappa shape index (κ3) is 2.86. The van der Waals surface area contributed by atoms with Crippen molar-refractivity contribution in [2.75, 3.05) is 0 Å². The summed E-state index contributed by atoms with van der Waals surface area (Å²) in [6.07, 6.45) is 1.84. The molecule has 0 spiro atoms. The zero-order valence-corrected chi connectivity index (χ0v) is 15.1. The van der Waals surface area contributed by atoms with Gasteiger partial charge in [0.15, 0.2) is 5.82 Å². The summed E-state index contributed by atoms with van der Waals surface area (Å²) in [4.78, 5) is 0. The molecule has 0 radical (unpaired) electrons. The van der Waals surface area contributed by atoms with Crippen LogP contribution < -0.4 is 0 Å². The van der Waals surface area contributed by atoms with E-state index in [0.717, 1.165) is 11.4 Å². The molecule has 1 aromatic heterocycles. The summed E-state index contributed by atoms with van der Waals surface area (Å²) in [5.74, 6) is 1.78. The first-order chi connectivity index (χ1) is 11.5. The minimum atomic E-state index is 0.436. The van der Waals surface area contributed by atoms with Gasteiger partial charge in [-0.1, -0.05) is 70.2 Å². The van der Waals surface area contributed by atoms with Crippen LogP contribution in [0.5, 0.6) is 0 Å². The fraction of sp³-hybridized carbons (Fsp3) is 0.333. The van der Waals surface area contributed by atoms with E-state index < -0.39 is 0 Å². The molecular weight excluding hydrogens is 294 g/mol. The van der Waals surface area contributed by atoms with Crippen molar-refractivity contribution in [3.63, 3.8) is 0 Å². The van der Waals surface area contributed by atoms with Gasteiger partial charge in [-0.2, -0.15) is 0 Å². The maximum absolute atomic E-state index is 4.44. The molecule has 3 nitrogen and oxygen atoms in total. The molecule has 0 saturated carbocycles. The predicted molar refractivity (Wildman–Crippen MR) is 99.7 cm³/mol. The van der Waals surface area contributed by atoms with Gasteiger partial charge < -0.3 is 0 Å². The van der Waals surface area contributed by atoms with Crippen LogP contribution in [-0.4, -0.2) is 14.8 Å². The van der Waals surface area contributed by atoms with Gasteiger partial charge in [-0.25, -0.2) is 0 Å². The highest BCUT2D eigenvalue weighted by atomic mass is 15.3. The van der Waals surface area contributed by atoms with E-state index in [0.29, 0.717) is 11.8 Å². The van der Waals surface area contributed by atoms with Gasteiger partial charge in [-0.15, -0.1) is 10.2 Å². The minimum absolute atomic E-state index is 0.436. The first kappa shape index (κ1) is 16.4. The first-order valence-corrected chi connectivity index (χ1v) is 8.60. The summed E-state index contributed by atoms with van der Waals surface area (Å²) in [6, 6.07) is 14.9. The summed E-state index contributed by atoms with van der Waals surface area (Å²) in [7, 11) is 0. The number of para-hydroxylation sites is 1. The summed E-state index contributed by atoms with van der Waals surface area (Å²) in [5, 5.41) is 8.67. The number of hydrogen-bond acceptors (Lipinski definition) is 2. The second-order valence-electron chi connectivity index (χ2n) is 6.93. The second kappa shape index (κ2) is 6.60. The second-order valence-corrected chi connectivity index (χ2v) is 6.93. The molecule has 0 amide bonds. The number of rotatable bonds is 4. The molecule has 24 heavy (non-hydrogen) atoms. The zero-order chi connectivity index (χ0) is 17.3. The van der Waals surface area contributed by atoms with Crippen LogP contribution in [0.1, 0.15) is 56.2 Å². The summed E-state index contributed by atoms with van der Waals surface area (Å²) in [6.45, 7) is 11.1. The molecule has 0 bridgehead atoms. The molecule has 2 aromatic carbocycles. The van der Waals surface area contributed by atoms with E-state index in [1.807, 2.05) is 6.33 Å². The molecule has 3 aromatic rings. The molecule has 3 heteroatoms. The average Bonchev–Trinajstić information content (AvgIpc) is 3.03. The Kier molecular flexibility index (Phi) is 4.52. The smallest absolute Gasteiger partial charge is 0.168 e. The topological polar surface area (TPSA) is 30.7 Å². The van der Waals surface area contributed by atoms with E-state index in [1.165, 1.54) is 22.4 Å². The normalized spacial score (nSPS) is 11.5. The number of benzene rings is 2. The van der Waals surface area contributed by atoms with Gasteiger partial charge in [0.1, 0.15) is 6.33 Å². The van der Waals surface area contributed by atoms with Gasteiger partial charge in [0.05, 0.1) is 5.69 Å². The molecule has 0 unspecified atom stereocenters. The van der Waals surface area contributed by atoms with Gasteiger partial charge >= 0.3 is 0 Å². The molecule has 124 valence electrons. The highest BCUT2D eigenvalue weighted by Gasteiger charge is 2.19. The quantitative estimate of drug-likeness (QED) is 0.636. The SMILES string of the molecule is Cc1ccccc1-c1nncn1-c1c(C(C)C)cccc1C(C)C. The maximum atomic E-state index is 4.44. The third-order valence-corrected chi connectivity index (χ3v) is 4.52. The Bertz CT molecular complexity index is 818. The lowest BCUT2D eigenvalue weighted by Gasteiger charge is -2.21. The van der Waals surface area contributed by atoms with E-state index in [-0.39, 0.29) is 0 Å². The Hall–Kier alpha value is -2.42. The van der Waals surface area contributed by atoms with Crippen molar-refractivity contribution in [1.29, 1.82) is 0 Å². The van der Waals surface area contributed by atoms with Crippen LogP contribution in [0, 0.1) is 6.92 Å². The van der Waals surface area contributed by atoms with Crippen molar-refractivity contribution in [2.24, 2.45) is 0 Å². The zero-order valence-electron chi connectivity index (χ0n) is 15.1. The van der Waals surface area contributed by atoms with Gasteiger partial charge in [0.25, 0.3) is 0 Å². The highest BCUT2D eigenvalue weighted by Crippen LogP contribution is 2.33. The Balaban J connectivity index is 2.29. The fourth-order valence-electron chi connectivity index (χ4n) is 3.20. The van der Waals surface area contributed by atoms with Crippen LogP contribution in [0.3, 0.4) is 0 Å². The monoisotopic (exact) mass is 319 g/mol. The van der Waals surface area contributed by atoms with E-state index in [9.17, 15) is 0 Å². The predicted octanol–water partition coefficient (Wildman–Crippen LogP) is 5.49. The lowest BCUT2D eigenvalue weighted by atomic mass is 9.92. The van der Waals surface area contributed by atoms with E-state index in [1.54, 1.807) is 0 Å². The molecule has 0 aliphatic carbocycles. The molecule has 0 fully saturated rings. The van der Waals surface area contributed by atoms with Crippen molar-refractivity contribution in [3.05, 3.63) is 65.5 Å². The molecule has 1 heterocycles.